The molecule has 0 unspecified atom stereocenters. The Morgan fingerprint density at radius 1 is 0.917 bits per heavy atom. The summed E-state index contributed by atoms with van der Waals surface area (Å²) >= 11 is 9.37. The van der Waals surface area contributed by atoms with E-state index in [0.29, 0.717) is 6.42 Å². The van der Waals surface area contributed by atoms with Crippen molar-refractivity contribution >= 4 is 40.6 Å². The molecule has 0 aliphatic carbocycles. The van der Waals surface area contributed by atoms with Crippen LogP contribution in [0.1, 0.15) is 28.4 Å². The molecule has 184 valence electrons. The van der Waals surface area contributed by atoms with Crippen molar-refractivity contribution in [2.45, 2.75) is 22.6 Å². The molecule has 5 rings (SSSR count). The number of thiazole rings is 1. The lowest BCUT2D eigenvalue weighted by molar-refractivity contribution is -0.132. The van der Waals surface area contributed by atoms with Gasteiger partial charge in [0.2, 0.25) is 5.91 Å². The second-order valence-electron chi connectivity index (χ2n) is 8.84. The summed E-state index contributed by atoms with van der Waals surface area (Å²) in [5.74, 6) is 0.968. The second kappa shape index (κ2) is 12.1. The SMILES string of the molecule is O=C(Cc1csc(SCc2cccc(Cl)c2)n1)N1CCN(C(c2ccccc2)c2ccccc2)CC1. The maximum absolute atomic E-state index is 13.1. The van der Waals surface area contributed by atoms with Crippen molar-refractivity contribution in [2.24, 2.45) is 0 Å². The topological polar surface area (TPSA) is 36.4 Å². The Hall–Kier alpha value is -2.64. The Balaban J connectivity index is 1.17. The lowest BCUT2D eigenvalue weighted by Crippen LogP contribution is -2.50. The molecule has 4 aromatic rings. The van der Waals surface area contributed by atoms with Crippen molar-refractivity contribution < 1.29 is 4.79 Å². The van der Waals surface area contributed by atoms with Crippen molar-refractivity contribution in [3.63, 3.8) is 0 Å². The van der Waals surface area contributed by atoms with Gasteiger partial charge in [0.05, 0.1) is 18.2 Å². The smallest absolute Gasteiger partial charge is 0.228 e. The predicted octanol–water partition coefficient (Wildman–Crippen LogP) is 6.57. The van der Waals surface area contributed by atoms with Crippen LogP contribution in [0.5, 0.6) is 0 Å². The van der Waals surface area contributed by atoms with Crippen LogP contribution in [-0.4, -0.2) is 46.9 Å². The Bertz CT molecular complexity index is 1230. The molecule has 0 spiro atoms. The van der Waals surface area contributed by atoms with E-state index in [1.54, 1.807) is 23.1 Å². The van der Waals surface area contributed by atoms with Crippen LogP contribution in [-0.2, 0) is 17.0 Å². The first-order valence-corrected chi connectivity index (χ1v) is 14.3. The Morgan fingerprint density at radius 3 is 2.22 bits per heavy atom. The van der Waals surface area contributed by atoms with Crippen LogP contribution in [0.2, 0.25) is 5.02 Å². The highest BCUT2D eigenvalue weighted by Crippen LogP contribution is 2.30. The molecule has 0 atom stereocenters. The van der Waals surface area contributed by atoms with Crippen molar-refractivity contribution in [2.75, 3.05) is 26.2 Å². The standard InChI is InChI=1S/C29H28ClN3OS2/c30-25-13-7-8-22(18-25)20-35-29-31-26(21-36-29)19-27(34)32-14-16-33(17-15-32)28(23-9-3-1-4-10-23)24-11-5-2-6-12-24/h1-13,18,21,28H,14-17,19-20H2. The number of piperazine rings is 1. The summed E-state index contributed by atoms with van der Waals surface area (Å²) in [4.78, 5) is 22.2. The van der Waals surface area contributed by atoms with Crippen LogP contribution in [0, 0.1) is 0 Å². The molecule has 2 heterocycles. The maximum atomic E-state index is 13.1. The number of thioether (sulfide) groups is 1. The lowest BCUT2D eigenvalue weighted by atomic mass is 9.96. The molecular weight excluding hydrogens is 506 g/mol. The van der Waals surface area contributed by atoms with E-state index in [2.05, 4.69) is 71.6 Å². The van der Waals surface area contributed by atoms with Gasteiger partial charge in [-0.2, -0.15) is 0 Å². The summed E-state index contributed by atoms with van der Waals surface area (Å²) in [7, 11) is 0. The van der Waals surface area contributed by atoms with Gasteiger partial charge in [0, 0.05) is 42.3 Å². The van der Waals surface area contributed by atoms with E-state index in [4.69, 9.17) is 16.6 Å². The summed E-state index contributed by atoms with van der Waals surface area (Å²) in [6, 6.07) is 29.4. The molecule has 1 amide bonds. The number of hydrogen-bond donors (Lipinski definition) is 0. The first kappa shape index (κ1) is 25.0. The fourth-order valence-electron chi connectivity index (χ4n) is 4.59. The molecule has 4 nitrogen and oxygen atoms in total. The Kier molecular flexibility index (Phi) is 8.39. The average Bonchev–Trinajstić information content (AvgIpc) is 3.36. The van der Waals surface area contributed by atoms with Crippen LogP contribution in [0.4, 0.5) is 0 Å². The number of rotatable bonds is 8. The predicted molar refractivity (Wildman–Crippen MR) is 150 cm³/mol. The summed E-state index contributed by atoms with van der Waals surface area (Å²) in [5.41, 5.74) is 4.59. The zero-order valence-corrected chi connectivity index (χ0v) is 22.3. The minimum absolute atomic E-state index is 0.155. The summed E-state index contributed by atoms with van der Waals surface area (Å²) in [6.45, 7) is 3.15. The van der Waals surface area contributed by atoms with Gasteiger partial charge in [-0.05, 0) is 28.8 Å². The van der Waals surface area contributed by atoms with E-state index in [9.17, 15) is 4.79 Å². The molecule has 1 aromatic heterocycles. The van der Waals surface area contributed by atoms with Crippen LogP contribution >= 0.6 is 34.7 Å². The molecular formula is C29H28ClN3OS2. The number of halogens is 1. The van der Waals surface area contributed by atoms with Crippen molar-refractivity contribution in [3.05, 3.63) is 118 Å². The molecule has 1 aliphatic rings. The molecule has 1 saturated heterocycles. The number of amides is 1. The zero-order valence-electron chi connectivity index (χ0n) is 19.9. The van der Waals surface area contributed by atoms with E-state index in [1.807, 2.05) is 28.5 Å². The average molecular weight is 534 g/mol. The van der Waals surface area contributed by atoms with E-state index in [-0.39, 0.29) is 11.9 Å². The number of aromatic nitrogens is 1. The van der Waals surface area contributed by atoms with Gasteiger partial charge in [-0.25, -0.2) is 4.98 Å². The monoisotopic (exact) mass is 533 g/mol. The zero-order chi connectivity index (χ0) is 24.7. The van der Waals surface area contributed by atoms with Crippen LogP contribution in [0.15, 0.2) is 94.6 Å². The number of carbonyl (C=O) groups excluding carboxylic acids is 1. The first-order chi connectivity index (χ1) is 17.7. The van der Waals surface area contributed by atoms with Gasteiger partial charge >= 0.3 is 0 Å². The van der Waals surface area contributed by atoms with Crippen molar-refractivity contribution in [3.8, 4) is 0 Å². The molecule has 3 aromatic carbocycles. The van der Waals surface area contributed by atoms with Crippen LogP contribution < -0.4 is 0 Å². The Morgan fingerprint density at radius 2 is 1.58 bits per heavy atom. The quantitative estimate of drug-likeness (QED) is 0.240. The van der Waals surface area contributed by atoms with Gasteiger partial charge in [-0.1, -0.05) is 96.2 Å². The molecule has 0 bridgehead atoms. The maximum Gasteiger partial charge on any atom is 0.228 e. The summed E-state index contributed by atoms with van der Waals surface area (Å²) < 4.78 is 0.983. The third kappa shape index (κ3) is 6.37. The van der Waals surface area contributed by atoms with E-state index in [1.165, 1.54) is 16.7 Å². The molecule has 36 heavy (non-hydrogen) atoms. The fourth-order valence-corrected chi connectivity index (χ4v) is 6.59. The van der Waals surface area contributed by atoms with Gasteiger partial charge in [-0.3, -0.25) is 9.69 Å². The van der Waals surface area contributed by atoms with E-state index < -0.39 is 0 Å². The minimum atomic E-state index is 0.155. The lowest BCUT2D eigenvalue weighted by Gasteiger charge is -2.39. The second-order valence-corrected chi connectivity index (χ2v) is 11.4. The van der Waals surface area contributed by atoms with Crippen LogP contribution in [0.3, 0.4) is 0 Å². The normalized spacial score (nSPS) is 14.3. The highest BCUT2D eigenvalue weighted by atomic mass is 35.5. The molecule has 0 saturated carbocycles. The van der Waals surface area contributed by atoms with E-state index in [0.717, 1.165) is 47.0 Å². The molecule has 0 N–H and O–H groups in total. The number of hydrogen-bond acceptors (Lipinski definition) is 5. The van der Waals surface area contributed by atoms with Gasteiger partial charge in [0.15, 0.2) is 0 Å². The Labute approximate surface area is 225 Å². The number of benzene rings is 3. The first-order valence-electron chi connectivity index (χ1n) is 12.1. The molecule has 1 fully saturated rings. The summed E-state index contributed by atoms with van der Waals surface area (Å²) in [6.07, 6.45) is 0.356. The van der Waals surface area contributed by atoms with Crippen LogP contribution in [0.25, 0.3) is 0 Å². The van der Waals surface area contributed by atoms with Gasteiger partial charge < -0.3 is 4.90 Å². The highest BCUT2D eigenvalue weighted by Gasteiger charge is 2.28. The van der Waals surface area contributed by atoms with E-state index >= 15 is 0 Å². The fraction of sp³-hybridized carbons (Fsp3) is 0.241. The van der Waals surface area contributed by atoms with Gasteiger partial charge in [0.1, 0.15) is 4.34 Å². The van der Waals surface area contributed by atoms with Crippen molar-refractivity contribution in [1.29, 1.82) is 0 Å². The van der Waals surface area contributed by atoms with Gasteiger partial charge in [0.25, 0.3) is 0 Å². The largest absolute Gasteiger partial charge is 0.340 e. The number of carbonyl (C=O) groups is 1. The molecule has 0 radical (unpaired) electrons. The third-order valence-corrected chi connectivity index (χ3v) is 8.75. The summed E-state index contributed by atoms with van der Waals surface area (Å²) in [5, 5.41) is 2.76. The number of nitrogens with zero attached hydrogens (tertiary/aromatic N) is 3. The van der Waals surface area contributed by atoms with Gasteiger partial charge in [-0.15, -0.1) is 11.3 Å². The highest BCUT2D eigenvalue weighted by molar-refractivity contribution is 8.00. The van der Waals surface area contributed by atoms with Crippen molar-refractivity contribution in [1.82, 2.24) is 14.8 Å². The molecule has 7 heteroatoms. The molecule has 1 aliphatic heterocycles. The third-order valence-electron chi connectivity index (χ3n) is 6.38. The minimum Gasteiger partial charge on any atom is -0.340 e.